The maximum Gasteiger partial charge on any atom is 0.407 e. The molecule has 0 radical (unpaired) electrons. The summed E-state index contributed by atoms with van der Waals surface area (Å²) in [6.07, 6.45) is 0.701. The highest BCUT2D eigenvalue weighted by atomic mass is 16.6. The lowest BCUT2D eigenvalue weighted by atomic mass is 10.2. The van der Waals surface area contributed by atoms with Gasteiger partial charge < -0.3 is 10.1 Å². The van der Waals surface area contributed by atoms with Gasteiger partial charge in [0.1, 0.15) is 12.1 Å². The third-order valence-electron chi connectivity index (χ3n) is 2.19. The molecule has 0 saturated heterocycles. The largest absolute Gasteiger partial charge is 0.444 e. The number of ether oxygens (including phenoxy) is 1. The number of nitrogens with two attached hydrogens (primary N) is 1. The van der Waals surface area contributed by atoms with Gasteiger partial charge in [-0.25, -0.2) is 10.6 Å². The number of hydrogen-bond donors (Lipinski definition) is 3. The van der Waals surface area contributed by atoms with Gasteiger partial charge >= 0.3 is 6.09 Å². The molecule has 1 heterocycles. The molecule has 10 nitrogen and oxygen atoms in total. The van der Waals surface area contributed by atoms with Crippen LogP contribution in [0.2, 0.25) is 0 Å². The second-order valence-electron chi connectivity index (χ2n) is 5.34. The fourth-order valence-electron chi connectivity index (χ4n) is 1.37. The second-order valence-corrected chi connectivity index (χ2v) is 5.34. The van der Waals surface area contributed by atoms with Crippen molar-refractivity contribution in [3.63, 3.8) is 0 Å². The Morgan fingerprint density at radius 1 is 1.38 bits per heavy atom. The normalized spacial score (nSPS) is 11.0. The molecule has 10 heteroatoms. The van der Waals surface area contributed by atoms with Crippen molar-refractivity contribution in [1.29, 1.82) is 0 Å². The summed E-state index contributed by atoms with van der Waals surface area (Å²) in [7, 11) is 0. The number of nitrogens with one attached hydrogen (secondary N) is 2. The van der Waals surface area contributed by atoms with Gasteiger partial charge in [0, 0.05) is 13.0 Å². The minimum Gasteiger partial charge on any atom is -0.444 e. The maximum atomic E-state index is 11.4. The Hall–Kier alpha value is -2.23. The monoisotopic (exact) mass is 299 g/mol. The first-order chi connectivity index (χ1) is 9.80. The van der Waals surface area contributed by atoms with E-state index in [1.807, 2.05) is 5.43 Å². The van der Waals surface area contributed by atoms with Crippen LogP contribution in [0.5, 0.6) is 0 Å². The summed E-state index contributed by atoms with van der Waals surface area (Å²) >= 11 is 0. The summed E-state index contributed by atoms with van der Waals surface area (Å²) in [4.78, 5) is 23.6. The molecule has 2 amide bonds. The van der Waals surface area contributed by atoms with Crippen LogP contribution in [0.15, 0.2) is 0 Å². The number of aryl methyl sites for hydroxylation is 1. The Bertz CT molecular complexity index is 480. The highest BCUT2D eigenvalue weighted by Gasteiger charge is 2.15. The SMILES string of the molecule is CC(C)(C)OC(=O)NCCCc1nnn(CC(=O)NN)n1. The van der Waals surface area contributed by atoms with E-state index in [4.69, 9.17) is 10.6 Å². The van der Waals surface area contributed by atoms with E-state index < -0.39 is 17.6 Å². The van der Waals surface area contributed by atoms with Crippen molar-refractivity contribution in [2.24, 2.45) is 5.84 Å². The summed E-state index contributed by atoms with van der Waals surface area (Å²) in [6.45, 7) is 5.75. The first-order valence-corrected chi connectivity index (χ1v) is 6.53. The molecule has 0 aliphatic carbocycles. The van der Waals surface area contributed by atoms with E-state index in [0.29, 0.717) is 25.2 Å². The van der Waals surface area contributed by atoms with Gasteiger partial charge in [-0.15, -0.1) is 10.2 Å². The van der Waals surface area contributed by atoms with Crippen LogP contribution in [0, 0.1) is 0 Å². The van der Waals surface area contributed by atoms with Gasteiger partial charge in [-0.2, -0.15) is 4.80 Å². The predicted molar refractivity (Wildman–Crippen MR) is 72.7 cm³/mol. The van der Waals surface area contributed by atoms with Crippen LogP contribution in [-0.2, 0) is 22.5 Å². The van der Waals surface area contributed by atoms with Gasteiger partial charge in [-0.3, -0.25) is 10.2 Å². The first kappa shape index (κ1) is 16.8. The van der Waals surface area contributed by atoms with Crippen molar-refractivity contribution in [2.75, 3.05) is 6.54 Å². The van der Waals surface area contributed by atoms with Gasteiger partial charge in [0.2, 0.25) is 0 Å². The van der Waals surface area contributed by atoms with Crippen LogP contribution in [0.25, 0.3) is 0 Å². The number of hydrazine groups is 1. The molecule has 21 heavy (non-hydrogen) atoms. The van der Waals surface area contributed by atoms with E-state index in [1.165, 1.54) is 0 Å². The van der Waals surface area contributed by atoms with Crippen molar-refractivity contribution in [3.8, 4) is 0 Å². The lowest BCUT2D eigenvalue weighted by Gasteiger charge is -2.19. The van der Waals surface area contributed by atoms with E-state index in [2.05, 4.69) is 20.7 Å². The van der Waals surface area contributed by atoms with E-state index in [-0.39, 0.29) is 6.54 Å². The summed E-state index contributed by atoms with van der Waals surface area (Å²) in [5.41, 5.74) is 1.46. The molecule has 1 aromatic heterocycles. The predicted octanol–water partition coefficient (Wildman–Crippen LogP) is -0.880. The van der Waals surface area contributed by atoms with Crippen LogP contribution in [0.1, 0.15) is 33.0 Å². The first-order valence-electron chi connectivity index (χ1n) is 6.53. The topological polar surface area (TPSA) is 137 Å². The summed E-state index contributed by atoms with van der Waals surface area (Å²) < 4.78 is 5.10. The van der Waals surface area contributed by atoms with Gasteiger partial charge in [0.15, 0.2) is 5.82 Å². The molecule has 0 aliphatic rings. The summed E-state index contributed by atoms with van der Waals surface area (Å²) in [5.74, 6) is 5.04. The molecule has 1 aromatic rings. The van der Waals surface area contributed by atoms with Crippen LogP contribution in [0.3, 0.4) is 0 Å². The molecule has 1 rings (SSSR count). The fourth-order valence-corrected chi connectivity index (χ4v) is 1.37. The molecular weight excluding hydrogens is 278 g/mol. The van der Waals surface area contributed by atoms with Gasteiger partial charge in [0.05, 0.1) is 0 Å². The average molecular weight is 299 g/mol. The molecule has 0 aromatic carbocycles. The van der Waals surface area contributed by atoms with E-state index >= 15 is 0 Å². The third kappa shape index (κ3) is 7.20. The van der Waals surface area contributed by atoms with E-state index in [0.717, 1.165) is 4.80 Å². The van der Waals surface area contributed by atoms with Crippen LogP contribution < -0.4 is 16.6 Å². The number of carbonyl (C=O) groups is 2. The molecule has 0 fully saturated rings. The summed E-state index contributed by atoms with van der Waals surface area (Å²) in [5, 5.41) is 14.2. The lowest BCUT2D eigenvalue weighted by molar-refractivity contribution is -0.122. The number of carbonyl (C=O) groups excluding carboxylic acids is 2. The van der Waals surface area contributed by atoms with Crippen molar-refractivity contribution < 1.29 is 14.3 Å². The molecule has 4 N–H and O–H groups in total. The Labute approximate surface area is 122 Å². The molecule has 0 aliphatic heterocycles. The number of aromatic nitrogens is 4. The minimum absolute atomic E-state index is 0.0837. The second kappa shape index (κ2) is 7.53. The van der Waals surface area contributed by atoms with Crippen molar-refractivity contribution in [3.05, 3.63) is 5.82 Å². The molecule has 0 saturated carbocycles. The number of tetrazole rings is 1. The maximum absolute atomic E-state index is 11.4. The number of alkyl carbamates (subject to hydrolysis) is 1. The van der Waals surface area contributed by atoms with Crippen LogP contribution >= 0.6 is 0 Å². The average Bonchev–Trinajstić information content (AvgIpc) is 2.80. The zero-order valence-corrected chi connectivity index (χ0v) is 12.4. The van der Waals surface area contributed by atoms with Crippen molar-refractivity contribution >= 4 is 12.0 Å². The Kier molecular flexibility index (Phi) is 6.03. The summed E-state index contributed by atoms with van der Waals surface area (Å²) in [6, 6.07) is 0. The van der Waals surface area contributed by atoms with E-state index in [9.17, 15) is 9.59 Å². The minimum atomic E-state index is -0.516. The van der Waals surface area contributed by atoms with Crippen molar-refractivity contribution in [1.82, 2.24) is 30.9 Å². The zero-order valence-electron chi connectivity index (χ0n) is 12.4. The molecule has 118 valence electrons. The Morgan fingerprint density at radius 2 is 2.10 bits per heavy atom. The third-order valence-corrected chi connectivity index (χ3v) is 2.19. The fraction of sp³-hybridized carbons (Fsp3) is 0.727. The van der Waals surface area contributed by atoms with Gasteiger partial charge in [-0.1, -0.05) is 0 Å². The Morgan fingerprint density at radius 3 is 2.71 bits per heavy atom. The molecule has 0 unspecified atom stereocenters. The molecule has 0 bridgehead atoms. The number of nitrogens with zero attached hydrogens (tertiary/aromatic N) is 4. The zero-order chi connectivity index (χ0) is 15.9. The van der Waals surface area contributed by atoms with Gasteiger partial charge in [-0.05, 0) is 32.4 Å². The highest BCUT2D eigenvalue weighted by Crippen LogP contribution is 2.06. The van der Waals surface area contributed by atoms with Crippen molar-refractivity contribution in [2.45, 2.75) is 45.8 Å². The Balaban J connectivity index is 2.24. The molecule has 0 atom stereocenters. The number of amides is 2. The number of hydrogen-bond acceptors (Lipinski definition) is 7. The quantitative estimate of drug-likeness (QED) is 0.268. The molecule has 0 spiro atoms. The standard InChI is InChI=1S/C11H21N7O3/c1-11(2,3)21-10(20)13-6-4-5-8-15-17-18(16-8)7-9(19)14-12/h4-7,12H2,1-3H3,(H,13,20)(H,14,19). The highest BCUT2D eigenvalue weighted by molar-refractivity contribution is 5.74. The molecular formula is C11H21N7O3. The van der Waals surface area contributed by atoms with Crippen LogP contribution in [-0.4, -0.2) is 44.4 Å². The smallest absolute Gasteiger partial charge is 0.407 e. The van der Waals surface area contributed by atoms with Crippen LogP contribution in [0.4, 0.5) is 4.79 Å². The van der Waals surface area contributed by atoms with Gasteiger partial charge in [0.25, 0.3) is 5.91 Å². The number of rotatable bonds is 6. The lowest BCUT2D eigenvalue weighted by Crippen LogP contribution is -2.33. The van der Waals surface area contributed by atoms with E-state index in [1.54, 1.807) is 20.8 Å².